The largest absolute Gasteiger partial charge is 0.508 e. The van der Waals surface area contributed by atoms with E-state index in [1.165, 1.54) is 30.3 Å². The predicted octanol–water partition coefficient (Wildman–Crippen LogP) is 3.85. The average Bonchev–Trinajstić information content (AvgIpc) is 2.90. The standard InChI is InChI=1S/C30H43NO10/c1-2-3-4-9-12-22(32)13-10-7-5-6-8-11-14-24(30(41,29(39)40)20-26(34)35)27(36)31-25(28(37)38)19-21-15-17-23(33)18-16-21/h11,14-18,24-25,33,41H,2-10,12-13,19-20H2,1H3,(H,31,36)(H,34,35)(H,37,38)(H,39,40)/b14-11+/t24?,25-,30?/m0/s1. The Kier molecular flexibility index (Phi) is 16.0. The van der Waals surface area contributed by atoms with Gasteiger partial charge in [0.25, 0.3) is 0 Å². The summed E-state index contributed by atoms with van der Waals surface area (Å²) in [4.78, 5) is 60.1. The first kappa shape index (κ1) is 35.3. The van der Waals surface area contributed by atoms with Gasteiger partial charge in [-0.25, -0.2) is 9.59 Å². The van der Waals surface area contributed by atoms with E-state index in [1.807, 2.05) is 0 Å². The van der Waals surface area contributed by atoms with Crippen LogP contribution in [0.4, 0.5) is 0 Å². The van der Waals surface area contributed by atoms with E-state index < -0.39 is 47.8 Å². The molecular formula is C30H43NO10. The van der Waals surface area contributed by atoms with Crippen molar-refractivity contribution >= 4 is 29.6 Å². The van der Waals surface area contributed by atoms with Gasteiger partial charge in [-0.15, -0.1) is 0 Å². The number of amides is 1. The van der Waals surface area contributed by atoms with Crippen LogP contribution in [-0.2, 0) is 30.4 Å². The molecule has 1 aromatic rings. The van der Waals surface area contributed by atoms with Crippen molar-refractivity contribution in [2.24, 2.45) is 5.92 Å². The number of rotatable bonds is 22. The Morgan fingerprint density at radius 2 is 1.46 bits per heavy atom. The van der Waals surface area contributed by atoms with Crippen molar-refractivity contribution in [3.05, 3.63) is 42.0 Å². The van der Waals surface area contributed by atoms with Crippen LogP contribution in [0.1, 0.15) is 89.5 Å². The lowest BCUT2D eigenvalue weighted by Crippen LogP contribution is -2.55. The van der Waals surface area contributed by atoms with Crippen molar-refractivity contribution < 1.29 is 49.5 Å². The highest BCUT2D eigenvalue weighted by atomic mass is 16.4. The van der Waals surface area contributed by atoms with Gasteiger partial charge in [0, 0.05) is 19.3 Å². The van der Waals surface area contributed by atoms with E-state index in [0.29, 0.717) is 31.2 Å². The third-order valence-electron chi connectivity index (χ3n) is 6.79. The van der Waals surface area contributed by atoms with Gasteiger partial charge >= 0.3 is 17.9 Å². The molecule has 0 bridgehead atoms. The fourth-order valence-corrected chi connectivity index (χ4v) is 4.39. The molecule has 0 fully saturated rings. The molecule has 0 aliphatic rings. The molecule has 0 heterocycles. The molecule has 11 heteroatoms. The number of aliphatic carboxylic acids is 3. The summed E-state index contributed by atoms with van der Waals surface area (Å²) in [7, 11) is 0. The van der Waals surface area contributed by atoms with E-state index in [0.717, 1.165) is 51.0 Å². The summed E-state index contributed by atoms with van der Waals surface area (Å²) >= 11 is 0. The topological polar surface area (TPSA) is 199 Å². The molecule has 0 aliphatic heterocycles. The molecular weight excluding hydrogens is 534 g/mol. The van der Waals surface area contributed by atoms with Crippen LogP contribution < -0.4 is 5.32 Å². The minimum absolute atomic E-state index is 0.0404. The molecule has 0 aliphatic carbocycles. The highest BCUT2D eigenvalue weighted by molar-refractivity contribution is 5.94. The normalized spacial score (nSPS) is 14.2. The number of ketones is 1. The van der Waals surface area contributed by atoms with Gasteiger partial charge in [0.1, 0.15) is 17.6 Å². The van der Waals surface area contributed by atoms with Gasteiger partial charge in [-0.3, -0.25) is 14.4 Å². The number of benzene rings is 1. The Morgan fingerprint density at radius 3 is 2.00 bits per heavy atom. The SMILES string of the molecule is CCCCCCC(=O)CCCCCC/C=C/C(C(=O)N[C@@H](Cc1ccc(O)cc1)C(=O)O)C(O)(CC(=O)O)C(=O)O. The predicted molar refractivity (Wildman–Crippen MR) is 150 cm³/mol. The third-order valence-corrected chi connectivity index (χ3v) is 6.79. The second-order valence-electron chi connectivity index (χ2n) is 10.3. The fourth-order valence-electron chi connectivity index (χ4n) is 4.39. The molecule has 2 unspecified atom stereocenters. The van der Waals surface area contributed by atoms with Crippen molar-refractivity contribution in [2.45, 2.75) is 102 Å². The lowest BCUT2D eigenvalue weighted by molar-refractivity contribution is -0.172. The highest BCUT2D eigenvalue weighted by Crippen LogP contribution is 2.26. The molecule has 0 saturated heterocycles. The van der Waals surface area contributed by atoms with Crippen LogP contribution in [0.15, 0.2) is 36.4 Å². The smallest absolute Gasteiger partial charge is 0.337 e. The average molecular weight is 578 g/mol. The van der Waals surface area contributed by atoms with Crippen LogP contribution in [0, 0.1) is 5.92 Å². The van der Waals surface area contributed by atoms with Gasteiger partial charge in [-0.2, -0.15) is 0 Å². The molecule has 228 valence electrons. The van der Waals surface area contributed by atoms with Crippen LogP contribution in [0.2, 0.25) is 0 Å². The fraction of sp³-hybridized carbons (Fsp3) is 0.567. The second-order valence-corrected chi connectivity index (χ2v) is 10.3. The lowest BCUT2D eigenvalue weighted by Gasteiger charge is -2.29. The van der Waals surface area contributed by atoms with Crippen molar-refractivity contribution in [3.63, 3.8) is 0 Å². The molecule has 1 aromatic carbocycles. The van der Waals surface area contributed by atoms with Crippen molar-refractivity contribution in [3.8, 4) is 5.75 Å². The summed E-state index contributed by atoms with van der Waals surface area (Å²) in [5.41, 5.74) is -2.56. The van der Waals surface area contributed by atoms with Crippen molar-refractivity contribution in [2.75, 3.05) is 0 Å². The monoisotopic (exact) mass is 577 g/mol. The molecule has 0 saturated carbocycles. The summed E-state index contributed by atoms with van der Waals surface area (Å²) in [6, 6.07) is 4.07. The number of carboxylic acid groups (broad SMARTS) is 3. The Morgan fingerprint density at radius 1 is 0.878 bits per heavy atom. The first-order chi connectivity index (χ1) is 19.4. The van der Waals surface area contributed by atoms with Crippen LogP contribution in [0.25, 0.3) is 0 Å². The Balaban J connectivity index is 2.82. The van der Waals surface area contributed by atoms with E-state index in [9.17, 15) is 49.5 Å². The molecule has 1 amide bonds. The summed E-state index contributed by atoms with van der Waals surface area (Å²) in [6.07, 6.45) is 9.83. The first-order valence-electron chi connectivity index (χ1n) is 14.1. The number of allylic oxidation sites excluding steroid dienone is 1. The van der Waals surface area contributed by atoms with E-state index in [-0.39, 0.29) is 18.0 Å². The van der Waals surface area contributed by atoms with Gasteiger partial charge in [0.15, 0.2) is 5.60 Å². The van der Waals surface area contributed by atoms with Crippen molar-refractivity contribution in [1.29, 1.82) is 0 Å². The van der Waals surface area contributed by atoms with E-state index >= 15 is 0 Å². The number of carbonyl (C=O) groups excluding carboxylic acids is 2. The van der Waals surface area contributed by atoms with Gasteiger partial charge in [0.05, 0.1) is 12.3 Å². The van der Waals surface area contributed by atoms with Gasteiger partial charge < -0.3 is 30.8 Å². The number of unbranched alkanes of at least 4 members (excludes halogenated alkanes) is 7. The van der Waals surface area contributed by atoms with Gasteiger partial charge in [-0.1, -0.05) is 63.3 Å². The number of hydrogen-bond acceptors (Lipinski definition) is 7. The van der Waals surface area contributed by atoms with Gasteiger partial charge in [-0.05, 0) is 43.4 Å². The van der Waals surface area contributed by atoms with Crippen LogP contribution >= 0.6 is 0 Å². The highest BCUT2D eigenvalue weighted by Gasteiger charge is 2.49. The van der Waals surface area contributed by atoms with Crippen LogP contribution in [-0.4, -0.2) is 66.8 Å². The zero-order valence-corrected chi connectivity index (χ0v) is 23.6. The van der Waals surface area contributed by atoms with Crippen LogP contribution in [0.5, 0.6) is 5.75 Å². The molecule has 1 rings (SSSR count). The molecule has 6 N–H and O–H groups in total. The molecule has 0 aromatic heterocycles. The number of nitrogens with one attached hydrogen (secondary N) is 1. The summed E-state index contributed by atoms with van der Waals surface area (Å²) in [5.74, 6) is -7.84. The molecule has 41 heavy (non-hydrogen) atoms. The maximum atomic E-state index is 13.1. The summed E-state index contributed by atoms with van der Waals surface area (Å²) < 4.78 is 0. The number of phenolic OH excluding ortho intramolecular Hbond substituents is 1. The zero-order valence-electron chi connectivity index (χ0n) is 23.6. The number of aromatic hydroxyl groups is 1. The lowest BCUT2D eigenvalue weighted by atomic mass is 9.82. The minimum atomic E-state index is -3.02. The van der Waals surface area contributed by atoms with Gasteiger partial charge in [0.2, 0.25) is 5.91 Å². The number of carboxylic acids is 3. The van der Waals surface area contributed by atoms with E-state index in [1.54, 1.807) is 0 Å². The number of aliphatic hydroxyl groups is 1. The zero-order chi connectivity index (χ0) is 30.8. The maximum absolute atomic E-state index is 13.1. The molecule has 0 spiro atoms. The minimum Gasteiger partial charge on any atom is -0.508 e. The maximum Gasteiger partial charge on any atom is 0.337 e. The Hall–Kier alpha value is -3.73. The molecule has 0 radical (unpaired) electrons. The van der Waals surface area contributed by atoms with Crippen LogP contribution in [0.3, 0.4) is 0 Å². The summed E-state index contributed by atoms with van der Waals surface area (Å²) in [6.45, 7) is 2.12. The number of carbonyl (C=O) groups is 5. The Bertz CT molecular complexity index is 1040. The molecule has 3 atom stereocenters. The second kappa shape index (κ2) is 18.6. The van der Waals surface area contributed by atoms with E-state index in [2.05, 4.69) is 12.2 Å². The molecule has 11 nitrogen and oxygen atoms in total. The van der Waals surface area contributed by atoms with Crippen molar-refractivity contribution in [1.82, 2.24) is 5.32 Å². The number of hydrogen-bond donors (Lipinski definition) is 6. The van der Waals surface area contributed by atoms with E-state index in [4.69, 9.17) is 0 Å². The Labute approximate surface area is 240 Å². The summed E-state index contributed by atoms with van der Waals surface area (Å²) in [5, 5.41) is 50.9. The number of phenols is 1. The number of Topliss-reactive ketones (excluding diaryl/α,β-unsaturated/α-hetero) is 1. The third kappa shape index (κ3) is 13.5. The first-order valence-corrected chi connectivity index (χ1v) is 14.1. The quantitative estimate of drug-likeness (QED) is 0.0869.